The minimum absolute atomic E-state index is 0.0335. The molecule has 2 rings (SSSR count). The Morgan fingerprint density at radius 2 is 1.83 bits per heavy atom. The van der Waals surface area contributed by atoms with Crippen LogP contribution in [0.4, 0.5) is 13.2 Å². The molecule has 0 radical (unpaired) electrons. The quantitative estimate of drug-likeness (QED) is 0.611. The zero-order chi connectivity index (χ0) is 17.7. The van der Waals surface area contributed by atoms with Crippen molar-refractivity contribution in [1.82, 2.24) is 16.0 Å². The van der Waals surface area contributed by atoms with E-state index in [1.807, 2.05) is 0 Å². The maximum Gasteiger partial charge on any atom is 0.416 e. The Balaban J connectivity index is 1.77. The summed E-state index contributed by atoms with van der Waals surface area (Å²) in [4.78, 5) is 23.5. The number of nitrogens with one attached hydrogen (secondary N) is 3. The molecule has 2 unspecified atom stereocenters. The highest BCUT2D eigenvalue weighted by atomic mass is 19.4. The topological polar surface area (TPSA) is 90.5 Å². The summed E-state index contributed by atoms with van der Waals surface area (Å²) in [7, 11) is 0. The minimum atomic E-state index is -4.46. The Hall–Kier alpha value is -2.13. The monoisotopic (exact) mass is 345 g/mol. The molecule has 0 aromatic heterocycles. The normalized spacial score (nSPS) is 20.7. The lowest BCUT2D eigenvalue weighted by molar-refractivity contribution is -0.137. The number of amides is 2. The maximum atomic E-state index is 12.4. The van der Waals surface area contributed by atoms with Crippen LogP contribution < -0.4 is 16.0 Å². The Labute approximate surface area is 136 Å². The SMILES string of the molecule is O=C(CNC(=O)c1ccc(C(F)(F)F)cc1)NCC1CNCC1O. The molecular weight excluding hydrogens is 327 g/mol. The van der Waals surface area contributed by atoms with Crippen LogP contribution in [0.1, 0.15) is 15.9 Å². The second-order valence-electron chi connectivity index (χ2n) is 5.55. The number of carbonyl (C=O) groups excluding carboxylic acids is 2. The fourth-order valence-electron chi connectivity index (χ4n) is 2.31. The van der Waals surface area contributed by atoms with Gasteiger partial charge in [-0.1, -0.05) is 0 Å². The van der Waals surface area contributed by atoms with E-state index < -0.39 is 29.7 Å². The molecule has 6 nitrogen and oxygen atoms in total. The summed E-state index contributed by atoms with van der Waals surface area (Å²) in [5.41, 5.74) is -0.813. The van der Waals surface area contributed by atoms with E-state index in [2.05, 4.69) is 16.0 Å². The maximum absolute atomic E-state index is 12.4. The second-order valence-corrected chi connectivity index (χ2v) is 5.55. The van der Waals surface area contributed by atoms with Gasteiger partial charge < -0.3 is 21.1 Å². The number of β-amino-alcohol motifs (C(OH)–C–C–N with tert-alkyl or cyclic N) is 1. The van der Waals surface area contributed by atoms with Gasteiger partial charge in [-0.25, -0.2) is 0 Å². The van der Waals surface area contributed by atoms with Crippen molar-refractivity contribution in [2.75, 3.05) is 26.2 Å². The van der Waals surface area contributed by atoms with E-state index in [0.29, 0.717) is 13.1 Å². The van der Waals surface area contributed by atoms with Crippen LogP contribution in [0.25, 0.3) is 0 Å². The van der Waals surface area contributed by atoms with E-state index >= 15 is 0 Å². The molecule has 9 heteroatoms. The molecule has 1 heterocycles. The summed E-state index contributed by atoms with van der Waals surface area (Å²) in [6.07, 6.45) is -4.98. The molecule has 0 spiro atoms. The van der Waals surface area contributed by atoms with Crippen molar-refractivity contribution in [2.45, 2.75) is 12.3 Å². The Bertz CT molecular complexity index is 590. The van der Waals surface area contributed by atoms with Crippen LogP contribution in [0.15, 0.2) is 24.3 Å². The van der Waals surface area contributed by atoms with Crippen LogP contribution in [0.5, 0.6) is 0 Å². The smallest absolute Gasteiger partial charge is 0.391 e. The number of hydrogen-bond donors (Lipinski definition) is 4. The summed E-state index contributed by atoms with van der Waals surface area (Å²) in [6, 6.07) is 3.72. The summed E-state index contributed by atoms with van der Waals surface area (Å²) >= 11 is 0. The average molecular weight is 345 g/mol. The molecule has 2 atom stereocenters. The predicted octanol–water partition coefficient (Wildman–Crippen LogP) is 0.132. The first-order valence-corrected chi connectivity index (χ1v) is 7.38. The molecule has 1 aromatic rings. The van der Waals surface area contributed by atoms with Crippen molar-refractivity contribution < 1.29 is 27.9 Å². The van der Waals surface area contributed by atoms with Crippen molar-refractivity contribution in [3.8, 4) is 0 Å². The molecule has 0 bridgehead atoms. The van der Waals surface area contributed by atoms with E-state index in [1.165, 1.54) is 0 Å². The summed E-state index contributed by atoms with van der Waals surface area (Å²) < 4.78 is 37.3. The van der Waals surface area contributed by atoms with Gasteiger partial charge in [0.1, 0.15) is 0 Å². The van der Waals surface area contributed by atoms with Gasteiger partial charge in [0.05, 0.1) is 18.2 Å². The molecule has 1 fully saturated rings. The first-order valence-electron chi connectivity index (χ1n) is 7.38. The number of carbonyl (C=O) groups is 2. The van der Waals surface area contributed by atoms with Crippen LogP contribution in [0.3, 0.4) is 0 Å². The largest absolute Gasteiger partial charge is 0.416 e. The van der Waals surface area contributed by atoms with E-state index in [4.69, 9.17) is 0 Å². The highest BCUT2D eigenvalue weighted by molar-refractivity contribution is 5.96. The van der Waals surface area contributed by atoms with E-state index in [9.17, 15) is 27.9 Å². The number of rotatable bonds is 5. The molecule has 1 aliphatic rings. The third-order valence-electron chi connectivity index (χ3n) is 3.75. The predicted molar refractivity (Wildman–Crippen MR) is 79.2 cm³/mol. The van der Waals surface area contributed by atoms with Crippen molar-refractivity contribution in [3.63, 3.8) is 0 Å². The molecule has 1 aliphatic heterocycles. The van der Waals surface area contributed by atoms with Crippen molar-refractivity contribution in [2.24, 2.45) is 5.92 Å². The number of aliphatic hydroxyl groups excluding tert-OH is 1. The highest BCUT2D eigenvalue weighted by Gasteiger charge is 2.30. The molecule has 24 heavy (non-hydrogen) atoms. The lowest BCUT2D eigenvalue weighted by atomic mass is 10.1. The fourth-order valence-corrected chi connectivity index (χ4v) is 2.31. The Morgan fingerprint density at radius 1 is 1.17 bits per heavy atom. The van der Waals surface area contributed by atoms with Crippen LogP contribution in [0, 0.1) is 5.92 Å². The van der Waals surface area contributed by atoms with E-state index in [0.717, 1.165) is 24.3 Å². The molecule has 0 saturated carbocycles. The fraction of sp³-hybridized carbons (Fsp3) is 0.467. The molecule has 132 valence electrons. The number of benzene rings is 1. The zero-order valence-corrected chi connectivity index (χ0v) is 12.7. The van der Waals surface area contributed by atoms with Gasteiger partial charge in [0, 0.05) is 31.1 Å². The van der Waals surface area contributed by atoms with Gasteiger partial charge in [0.2, 0.25) is 5.91 Å². The van der Waals surface area contributed by atoms with Crippen LogP contribution in [0.2, 0.25) is 0 Å². The van der Waals surface area contributed by atoms with Crippen LogP contribution >= 0.6 is 0 Å². The molecule has 0 aliphatic carbocycles. The van der Waals surface area contributed by atoms with Gasteiger partial charge >= 0.3 is 6.18 Å². The standard InChI is InChI=1S/C15H18F3N3O3/c16-15(17,18)11-3-1-9(2-4-11)14(24)21-8-13(23)20-6-10-5-19-7-12(10)22/h1-4,10,12,19,22H,5-8H2,(H,20,23)(H,21,24). The van der Waals surface area contributed by atoms with Gasteiger partial charge in [0.15, 0.2) is 0 Å². The summed E-state index contributed by atoms with van der Waals surface area (Å²) in [5.74, 6) is -1.16. The Morgan fingerprint density at radius 3 is 2.38 bits per heavy atom. The molecule has 2 amide bonds. The lowest BCUT2D eigenvalue weighted by Crippen LogP contribution is -2.40. The zero-order valence-electron chi connectivity index (χ0n) is 12.7. The number of alkyl halides is 3. The van der Waals surface area contributed by atoms with Gasteiger partial charge in [0.25, 0.3) is 5.91 Å². The first kappa shape index (κ1) is 18.2. The molecular formula is C15H18F3N3O3. The number of aliphatic hydroxyl groups is 1. The van der Waals surface area contributed by atoms with Crippen LogP contribution in [-0.4, -0.2) is 49.2 Å². The van der Waals surface area contributed by atoms with Gasteiger partial charge in [-0.3, -0.25) is 9.59 Å². The second kappa shape index (κ2) is 7.63. The highest BCUT2D eigenvalue weighted by Crippen LogP contribution is 2.29. The van der Waals surface area contributed by atoms with Gasteiger partial charge in [-0.05, 0) is 24.3 Å². The van der Waals surface area contributed by atoms with Gasteiger partial charge in [-0.2, -0.15) is 13.2 Å². The Kier molecular flexibility index (Phi) is 5.79. The number of hydrogen-bond acceptors (Lipinski definition) is 4. The van der Waals surface area contributed by atoms with Crippen molar-refractivity contribution in [1.29, 1.82) is 0 Å². The van der Waals surface area contributed by atoms with Crippen molar-refractivity contribution >= 4 is 11.8 Å². The third-order valence-corrected chi connectivity index (χ3v) is 3.75. The van der Waals surface area contributed by atoms with E-state index in [-0.39, 0.29) is 24.6 Å². The molecule has 4 N–H and O–H groups in total. The minimum Gasteiger partial charge on any atom is -0.391 e. The lowest BCUT2D eigenvalue weighted by Gasteiger charge is -2.14. The molecule has 1 aromatic carbocycles. The third kappa shape index (κ3) is 4.93. The van der Waals surface area contributed by atoms with Gasteiger partial charge in [-0.15, -0.1) is 0 Å². The summed E-state index contributed by atoms with van der Waals surface area (Å²) in [6.45, 7) is 1.06. The van der Waals surface area contributed by atoms with E-state index in [1.54, 1.807) is 0 Å². The number of halogens is 3. The first-order chi connectivity index (χ1) is 11.3. The average Bonchev–Trinajstić information content (AvgIpc) is 2.95. The summed E-state index contributed by atoms with van der Waals surface area (Å²) in [5, 5.41) is 17.5. The van der Waals surface area contributed by atoms with Crippen molar-refractivity contribution in [3.05, 3.63) is 35.4 Å². The molecule has 1 saturated heterocycles. The van der Waals surface area contributed by atoms with Crippen LogP contribution in [-0.2, 0) is 11.0 Å².